The Balaban J connectivity index is 1.48. The molecule has 0 spiro atoms. The fourth-order valence-corrected chi connectivity index (χ4v) is 4.82. The molecule has 0 aliphatic carbocycles. The molecule has 1 aliphatic heterocycles. The molecule has 4 aromatic rings. The highest BCUT2D eigenvalue weighted by atomic mass is 16.5. The van der Waals surface area contributed by atoms with Gasteiger partial charge in [0.05, 0.1) is 24.4 Å². The standard InChI is InChI=1S/C33H31NO5/c1-21(2)23-10-12-24(13-11-23)30-29(32(36)33(37)34(30)19-28-9-6-18-38-28)31(35)25-14-16-27(17-15-25)39-20-26-8-5-4-7-22(26)3/h4-18,21,30,35H,19-20H2,1-3H3/b31-29+. The quantitative estimate of drug-likeness (QED) is 0.155. The smallest absolute Gasteiger partial charge is 0.296 e. The van der Waals surface area contributed by atoms with E-state index in [0.717, 1.165) is 22.3 Å². The second-order valence-corrected chi connectivity index (χ2v) is 10.1. The molecule has 0 radical (unpaired) electrons. The van der Waals surface area contributed by atoms with Gasteiger partial charge in [-0.3, -0.25) is 9.59 Å². The summed E-state index contributed by atoms with van der Waals surface area (Å²) >= 11 is 0. The summed E-state index contributed by atoms with van der Waals surface area (Å²) in [6, 6.07) is 25.5. The maximum absolute atomic E-state index is 13.3. The largest absolute Gasteiger partial charge is 0.507 e. The molecule has 1 atom stereocenters. The van der Waals surface area contributed by atoms with Crippen LogP contribution in [-0.2, 0) is 22.7 Å². The monoisotopic (exact) mass is 521 g/mol. The second kappa shape index (κ2) is 11.0. The van der Waals surface area contributed by atoms with Crippen molar-refractivity contribution in [3.05, 3.63) is 130 Å². The number of rotatable bonds is 8. The van der Waals surface area contributed by atoms with Gasteiger partial charge in [0.2, 0.25) is 0 Å². The van der Waals surface area contributed by atoms with Crippen LogP contribution in [0.5, 0.6) is 5.75 Å². The number of aliphatic hydroxyl groups excluding tert-OH is 1. The lowest BCUT2D eigenvalue weighted by atomic mass is 9.93. The van der Waals surface area contributed by atoms with E-state index in [-0.39, 0.29) is 17.9 Å². The van der Waals surface area contributed by atoms with E-state index >= 15 is 0 Å². The van der Waals surface area contributed by atoms with Crippen LogP contribution in [0.2, 0.25) is 0 Å². The number of carbonyl (C=O) groups excluding carboxylic acids is 2. The average Bonchev–Trinajstić information content (AvgIpc) is 3.55. The fraction of sp³-hybridized carbons (Fsp3) is 0.212. The number of ketones is 1. The predicted octanol–water partition coefficient (Wildman–Crippen LogP) is 6.91. The van der Waals surface area contributed by atoms with Crippen LogP contribution in [0.4, 0.5) is 0 Å². The summed E-state index contributed by atoms with van der Waals surface area (Å²) in [4.78, 5) is 28.0. The highest BCUT2D eigenvalue weighted by Gasteiger charge is 2.46. The molecule has 6 nitrogen and oxygen atoms in total. The summed E-state index contributed by atoms with van der Waals surface area (Å²) in [7, 11) is 0. The maximum atomic E-state index is 13.3. The van der Waals surface area contributed by atoms with Gasteiger partial charge in [0, 0.05) is 5.56 Å². The van der Waals surface area contributed by atoms with Crippen molar-refractivity contribution in [3.63, 3.8) is 0 Å². The molecular weight excluding hydrogens is 490 g/mol. The first-order valence-corrected chi connectivity index (χ1v) is 13.0. The van der Waals surface area contributed by atoms with Crippen LogP contribution in [0.1, 0.15) is 59.4 Å². The Morgan fingerprint density at radius 1 is 0.949 bits per heavy atom. The number of nitrogens with zero attached hydrogens (tertiary/aromatic N) is 1. The van der Waals surface area contributed by atoms with Crippen LogP contribution in [-0.4, -0.2) is 21.7 Å². The van der Waals surface area contributed by atoms with Gasteiger partial charge in [-0.1, -0.05) is 62.4 Å². The zero-order chi connectivity index (χ0) is 27.5. The Labute approximate surface area is 228 Å². The van der Waals surface area contributed by atoms with Crippen molar-refractivity contribution in [1.29, 1.82) is 0 Å². The maximum Gasteiger partial charge on any atom is 0.296 e. The molecule has 1 saturated heterocycles. The molecule has 2 heterocycles. The third-order valence-corrected chi connectivity index (χ3v) is 7.15. The topological polar surface area (TPSA) is 80.0 Å². The van der Waals surface area contributed by atoms with E-state index in [9.17, 15) is 14.7 Å². The van der Waals surface area contributed by atoms with Gasteiger partial charge in [-0.25, -0.2) is 0 Å². The number of amides is 1. The van der Waals surface area contributed by atoms with Gasteiger partial charge in [0.15, 0.2) is 0 Å². The number of hydrogen-bond donors (Lipinski definition) is 1. The van der Waals surface area contributed by atoms with Gasteiger partial charge < -0.3 is 19.2 Å². The Morgan fingerprint density at radius 2 is 1.67 bits per heavy atom. The molecule has 1 fully saturated rings. The molecule has 0 saturated carbocycles. The zero-order valence-corrected chi connectivity index (χ0v) is 22.3. The van der Waals surface area contributed by atoms with Gasteiger partial charge in [0.1, 0.15) is 23.9 Å². The molecular formula is C33H31NO5. The average molecular weight is 522 g/mol. The van der Waals surface area contributed by atoms with Crippen molar-refractivity contribution in [2.75, 3.05) is 0 Å². The lowest BCUT2D eigenvalue weighted by molar-refractivity contribution is -0.140. The van der Waals surface area contributed by atoms with Crippen molar-refractivity contribution >= 4 is 17.4 Å². The number of likely N-dealkylation sites (tertiary alicyclic amines) is 1. The molecule has 0 bridgehead atoms. The van der Waals surface area contributed by atoms with E-state index in [0.29, 0.717) is 29.6 Å². The normalized spacial score (nSPS) is 16.7. The van der Waals surface area contributed by atoms with E-state index in [2.05, 4.69) is 13.8 Å². The minimum absolute atomic E-state index is 0.0532. The lowest BCUT2D eigenvalue weighted by Crippen LogP contribution is -2.29. The Hall–Kier alpha value is -4.58. The fourth-order valence-electron chi connectivity index (χ4n) is 4.82. The number of carbonyl (C=O) groups is 2. The van der Waals surface area contributed by atoms with Crippen LogP contribution in [0.3, 0.4) is 0 Å². The number of Topliss-reactive ketones (excluding diaryl/α,β-unsaturated/α-hetero) is 1. The third-order valence-electron chi connectivity index (χ3n) is 7.15. The summed E-state index contributed by atoms with van der Waals surface area (Å²) in [6.45, 7) is 6.77. The molecule has 5 rings (SSSR count). The van der Waals surface area contributed by atoms with E-state index in [4.69, 9.17) is 9.15 Å². The molecule has 1 amide bonds. The molecule has 1 unspecified atom stereocenters. The van der Waals surface area contributed by atoms with Gasteiger partial charge in [-0.05, 0) is 71.5 Å². The minimum Gasteiger partial charge on any atom is -0.507 e. The third kappa shape index (κ3) is 5.36. The minimum atomic E-state index is -0.756. The van der Waals surface area contributed by atoms with E-state index < -0.39 is 17.7 Å². The SMILES string of the molecule is Cc1ccccc1COc1ccc(/C(O)=C2\C(=O)C(=O)N(Cc3ccco3)C2c2ccc(C(C)C)cc2)cc1. The molecule has 1 N–H and O–H groups in total. The summed E-state index contributed by atoms with van der Waals surface area (Å²) < 4.78 is 11.4. The number of ether oxygens (including phenoxy) is 1. The summed E-state index contributed by atoms with van der Waals surface area (Å²) in [5.41, 5.74) is 4.60. The number of furan rings is 1. The molecule has 3 aromatic carbocycles. The van der Waals surface area contributed by atoms with Gasteiger partial charge in [-0.15, -0.1) is 0 Å². The van der Waals surface area contributed by atoms with Crippen LogP contribution < -0.4 is 4.74 Å². The molecule has 1 aromatic heterocycles. The second-order valence-electron chi connectivity index (χ2n) is 10.1. The number of hydrogen-bond acceptors (Lipinski definition) is 5. The Morgan fingerprint density at radius 3 is 2.31 bits per heavy atom. The lowest BCUT2D eigenvalue weighted by Gasteiger charge is -2.25. The first-order chi connectivity index (χ1) is 18.8. The van der Waals surface area contributed by atoms with Gasteiger partial charge in [0.25, 0.3) is 11.7 Å². The molecule has 1 aliphatic rings. The van der Waals surface area contributed by atoms with E-state index in [1.807, 2.05) is 55.5 Å². The van der Waals surface area contributed by atoms with Crippen LogP contribution in [0.15, 0.2) is 101 Å². The molecule has 198 valence electrons. The van der Waals surface area contributed by atoms with Crippen molar-refractivity contribution in [2.45, 2.75) is 45.9 Å². The van der Waals surface area contributed by atoms with Crippen molar-refractivity contribution in [1.82, 2.24) is 4.90 Å². The first kappa shape index (κ1) is 26.0. The van der Waals surface area contributed by atoms with Crippen LogP contribution in [0.25, 0.3) is 5.76 Å². The molecule has 39 heavy (non-hydrogen) atoms. The van der Waals surface area contributed by atoms with Gasteiger partial charge >= 0.3 is 0 Å². The Bertz CT molecular complexity index is 1500. The van der Waals surface area contributed by atoms with Crippen LogP contribution >= 0.6 is 0 Å². The zero-order valence-electron chi connectivity index (χ0n) is 22.3. The predicted molar refractivity (Wildman–Crippen MR) is 149 cm³/mol. The van der Waals surface area contributed by atoms with E-state index in [1.165, 1.54) is 11.2 Å². The highest BCUT2D eigenvalue weighted by molar-refractivity contribution is 6.46. The van der Waals surface area contributed by atoms with Crippen molar-refractivity contribution in [3.8, 4) is 5.75 Å². The number of aliphatic hydroxyl groups is 1. The highest BCUT2D eigenvalue weighted by Crippen LogP contribution is 2.40. The molecule has 6 heteroatoms. The number of aryl methyl sites for hydroxylation is 1. The summed E-state index contributed by atoms with van der Waals surface area (Å²) in [6.07, 6.45) is 1.53. The van der Waals surface area contributed by atoms with Gasteiger partial charge in [-0.2, -0.15) is 0 Å². The first-order valence-electron chi connectivity index (χ1n) is 13.0. The number of benzene rings is 3. The Kier molecular flexibility index (Phi) is 7.37. The van der Waals surface area contributed by atoms with Crippen molar-refractivity contribution < 1.29 is 23.8 Å². The summed E-state index contributed by atoms with van der Waals surface area (Å²) in [5, 5.41) is 11.4. The van der Waals surface area contributed by atoms with E-state index in [1.54, 1.807) is 36.4 Å². The summed E-state index contributed by atoms with van der Waals surface area (Å²) in [5.74, 6) is -0.107. The van der Waals surface area contributed by atoms with Crippen molar-refractivity contribution in [2.24, 2.45) is 0 Å². The van der Waals surface area contributed by atoms with Crippen LogP contribution in [0, 0.1) is 6.92 Å².